The van der Waals surface area contributed by atoms with Gasteiger partial charge in [0.05, 0.1) is 31.0 Å². The molecular formula is C23H24N4O3. The van der Waals surface area contributed by atoms with E-state index in [9.17, 15) is 9.90 Å². The molecule has 7 heteroatoms. The molecule has 0 aliphatic carbocycles. The Morgan fingerprint density at radius 2 is 2.00 bits per heavy atom. The zero-order chi connectivity index (χ0) is 20.9. The van der Waals surface area contributed by atoms with Crippen molar-refractivity contribution in [3.63, 3.8) is 0 Å². The van der Waals surface area contributed by atoms with Crippen LogP contribution in [0.25, 0.3) is 22.3 Å². The standard InChI is InChI=1S/C23H24N4O3/c1-3-21(29)27-15-10-23(2,11-16(27)13-30-12-15)20-9-14-8-18(25-26-22(14)24-20)17-6-4-5-7-19(17)28/h3-9,15-16,28H,1,10-13H2,2H3,(H,24,26). The lowest BCUT2D eigenvalue weighted by Crippen LogP contribution is -2.61. The second-order valence-corrected chi connectivity index (χ2v) is 8.50. The summed E-state index contributed by atoms with van der Waals surface area (Å²) in [5.74, 6) is 0.158. The normalized spacial score (nSPS) is 26.0. The first kappa shape index (κ1) is 18.8. The van der Waals surface area contributed by atoms with E-state index in [-0.39, 0.29) is 29.2 Å². The van der Waals surface area contributed by atoms with Crippen LogP contribution in [0.2, 0.25) is 0 Å². The van der Waals surface area contributed by atoms with Gasteiger partial charge in [-0.15, -0.1) is 10.2 Å². The van der Waals surface area contributed by atoms with Crippen molar-refractivity contribution in [2.75, 3.05) is 13.2 Å². The first-order valence-electron chi connectivity index (χ1n) is 10.2. The van der Waals surface area contributed by atoms with E-state index in [4.69, 9.17) is 4.74 Å². The van der Waals surface area contributed by atoms with Crippen LogP contribution in [-0.2, 0) is 14.9 Å². The van der Waals surface area contributed by atoms with Gasteiger partial charge in [-0.25, -0.2) is 0 Å². The van der Waals surface area contributed by atoms with Crippen LogP contribution in [-0.4, -0.2) is 56.4 Å². The Morgan fingerprint density at radius 1 is 1.27 bits per heavy atom. The maximum Gasteiger partial charge on any atom is 0.246 e. The lowest BCUT2D eigenvalue weighted by Gasteiger charge is -2.52. The fourth-order valence-electron chi connectivity index (χ4n) is 5.00. The molecule has 1 amide bonds. The number of para-hydroxylation sites is 1. The van der Waals surface area contributed by atoms with Crippen LogP contribution in [0.15, 0.2) is 49.1 Å². The molecule has 0 spiro atoms. The Labute approximate surface area is 174 Å². The maximum atomic E-state index is 12.4. The third kappa shape index (κ3) is 2.97. The minimum absolute atomic E-state index is 0.0230. The quantitative estimate of drug-likeness (QED) is 0.655. The van der Waals surface area contributed by atoms with E-state index in [2.05, 4.69) is 34.8 Å². The van der Waals surface area contributed by atoms with Crippen LogP contribution in [0.5, 0.6) is 5.75 Å². The number of hydrogen-bond acceptors (Lipinski definition) is 5. The van der Waals surface area contributed by atoms with Crippen LogP contribution in [0, 0.1) is 0 Å². The van der Waals surface area contributed by atoms with Crippen LogP contribution >= 0.6 is 0 Å². The van der Waals surface area contributed by atoms with Crippen molar-refractivity contribution in [2.45, 2.75) is 37.3 Å². The number of ether oxygens (including phenoxy) is 1. The van der Waals surface area contributed by atoms with Crippen molar-refractivity contribution >= 4 is 16.9 Å². The third-order valence-electron chi connectivity index (χ3n) is 6.42. The highest BCUT2D eigenvalue weighted by molar-refractivity contribution is 5.88. The number of H-pyrrole nitrogens is 1. The molecule has 2 atom stereocenters. The summed E-state index contributed by atoms with van der Waals surface area (Å²) in [5, 5.41) is 19.7. The smallest absolute Gasteiger partial charge is 0.246 e. The van der Waals surface area contributed by atoms with Gasteiger partial charge in [0.1, 0.15) is 5.75 Å². The van der Waals surface area contributed by atoms with Gasteiger partial charge >= 0.3 is 0 Å². The average molecular weight is 404 g/mol. The summed E-state index contributed by atoms with van der Waals surface area (Å²) in [7, 11) is 0. The molecule has 3 aromatic rings. The number of phenols is 1. The Kier molecular flexibility index (Phi) is 4.36. The van der Waals surface area contributed by atoms with Crippen molar-refractivity contribution in [1.29, 1.82) is 0 Å². The largest absolute Gasteiger partial charge is 0.507 e. The molecule has 0 saturated carbocycles. The number of piperidine rings is 1. The number of nitrogens with one attached hydrogen (secondary N) is 1. The monoisotopic (exact) mass is 404 g/mol. The Morgan fingerprint density at radius 3 is 2.70 bits per heavy atom. The van der Waals surface area contributed by atoms with E-state index in [0.717, 1.165) is 29.6 Å². The van der Waals surface area contributed by atoms with E-state index in [1.807, 2.05) is 23.1 Å². The van der Waals surface area contributed by atoms with Crippen molar-refractivity contribution in [2.24, 2.45) is 0 Å². The van der Waals surface area contributed by atoms with Gasteiger partial charge in [0.2, 0.25) is 5.91 Å². The summed E-state index contributed by atoms with van der Waals surface area (Å²) in [6, 6.07) is 11.2. The van der Waals surface area contributed by atoms with Crippen molar-refractivity contribution < 1.29 is 14.6 Å². The molecule has 5 rings (SSSR count). The van der Waals surface area contributed by atoms with E-state index < -0.39 is 0 Å². The molecular weight excluding hydrogens is 380 g/mol. The van der Waals surface area contributed by atoms with Crippen molar-refractivity contribution in [1.82, 2.24) is 20.1 Å². The number of rotatable bonds is 3. The SMILES string of the molecule is C=CC(=O)N1C2COCC1CC(C)(c1cc3cc(-c4ccccc4O)nnc3[nH]1)C2. The second-order valence-electron chi connectivity index (χ2n) is 8.50. The van der Waals surface area contributed by atoms with E-state index >= 15 is 0 Å². The predicted octanol–water partition coefficient (Wildman–Crippen LogP) is 3.16. The number of aromatic nitrogens is 3. The first-order chi connectivity index (χ1) is 14.5. The highest BCUT2D eigenvalue weighted by Gasteiger charge is 2.47. The van der Waals surface area contributed by atoms with Gasteiger partial charge in [-0.05, 0) is 43.2 Å². The molecule has 2 aliphatic heterocycles. The van der Waals surface area contributed by atoms with Gasteiger partial charge in [-0.3, -0.25) is 4.79 Å². The van der Waals surface area contributed by atoms with E-state index in [1.54, 1.807) is 12.1 Å². The number of morpholine rings is 1. The number of hydrogen-bond donors (Lipinski definition) is 2. The number of carbonyl (C=O) groups excluding carboxylic acids is 1. The van der Waals surface area contributed by atoms with Gasteiger partial charge < -0.3 is 19.7 Å². The van der Waals surface area contributed by atoms with E-state index in [0.29, 0.717) is 24.5 Å². The van der Waals surface area contributed by atoms with Gasteiger partial charge in [-0.2, -0.15) is 0 Å². The Hall–Kier alpha value is -3.19. The number of aromatic hydroxyl groups is 1. The number of amides is 1. The van der Waals surface area contributed by atoms with Crippen LogP contribution in [0.3, 0.4) is 0 Å². The number of fused-ring (bicyclic) bond motifs is 3. The summed E-state index contributed by atoms with van der Waals surface area (Å²) < 4.78 is 5.74. The first-order valence-corrected chi connectivity index (χ1v) is 10.2. The summed E-state index contributed by atoms with van der Waals surface area (Å²) >= 11 is 0. The molecule has 4 heterocycles. The van der Waals surface area contributed by atoms with Crippen LogP contribution in [0.4, 0.5) is 0 Å². The molecule has 2 aliphatic rings. The zero-order valence-electron chi connectivity index (χ0n) is 16.8. The van der Waals surface area contributed by atoms with E-state index in [1.165, 1.54) is 6.08 Å². The average Bonchev–Trinajstić information content (AvgIpc) is 3.17. The molecule has 2 saturated heterocycles. The van der Waals surface area contributed by atoms with Crippen LogP contribution in [0.1, 0.15) is 25.5 Å². The maximum absolute atomic E-state index is 12.4. The molecule has 154 valence electrons. The van der Waals surface area contributed by atoms with Gasteiger partial charge in [0, 0.05) is 22.1 Å². The molecule has 2 unspecified atom stereocenters. The molecule has 0 radical (unpaired) electrons. The van der Waals surface area contributed by atoms with Gasteiger partial charge in [0.25, 0.3) is 0 Å². The number of carbonyl (C=O) groups is 1. The number of benzene rings is 1. The predicted molar refractivity (Wildman–Crippen MR) is 113 cm³/mol. The van der Waals surface area contributed by atoms with Gasteiger partial charge in [-0.1, -0.05) is 25.6 Å². The molecule has 2 N–H and O–H groups in total. The van der Waals surface area contributed by atoms with Crippen molar-refractivity contribution in [3.05, 3.63) is 54.7 Å². The Balaban J connectivity index is 1.50. The highest BCUT2D eigenvalue weighted by atomic mass is 16.5. The minimum atomic E-state index is -0.132. The molecule has 2 fully saturated rings. The van der Waals surface area contributed by atoms with Crippen molar-refractivity contribution in [3.8, 4) is 17.0 Å². The number of aromatic amines is 1. The number of phenolic OH excluding ortho intramolecular Hbond substituents is 1. The lowest BCUT2D eigenvalue weighted by molar-refractivity contribution is -0.149. The fraction of sp³-hybridized carbons (Fsp3) is 0.348. The molecule has 30 heavy (non-hydrogen) atoms. The molecule has 7 nitrogen and oxygen atoms in total. The highest BCUT2D eigenvalue weighted by Crippen LogP contribution is 2.43. The molecule has 1 aromatic carbocycles. The second kappa shape index (κ2) is 6.95. The molecule has 2 bridgehead atoms. The summed E-state index contributed by atoms with van der Waals surface area (Å²) in [4.78, 5) is 17.8. The topological polar surface area (TPSA) is 91.3 Å². The zero-order valence-corrected chi connectivity index (χ0v) is 16.8. The summed E-state index contributed by atoms with van der Waals surface area (Å²) in [6.45, 7) is 6.98. The minimum Gasteiger partial charge on any atom is -0.507 e. The fourth-order valence-corrected chi connectivity index (χ4v) is 5.00. The lowest BCUT2D eigenvalue weighted by atomic mass is 9.71. The van der Waals surface area contributed by atoms with Gasteiger partial charge in [0.15, 0.2) is 5.65 Å². The number of nitrogens with zero attached hydrogens (tertiary/aromatic N) is 3. The molecule has 2 aromatic heterocycles. The van der Waals surface area contributed by atoms with Crippen LogP contribution < -0.4 is 0 Å². The Bertz CT molecular complexity index is 1120. The summed E-state index contributed by atoms with van der Waals surface area (Å²) in [5.41, 5.74) is 2.96. The summed E-state index contributed by atoms with van der Waals surface area (Å²) in [6.07, 6.45) is 3.00. The third-order valence-corrected chi connectivity index (χ3v) is 6.42.